The van der Waals surface area contributed by atoms with Crippen LogP contribution in [0, 0.1) is 0 Å². The van der Waals surface area contributed by atoms with Crippen molar-refractivity contribution < 1.29 is 19.1 Å². The monoisotopic (exact) mass is 215 g/mol. The highest BCUT2D eigenvalue weighted by molar-refractivity contribution is 6.47. The van der Waals surface area contributed by atoms with E-state index < -0.39 is 17.7 Å². The number of rotatable bonds is 1. The van der Waals surface area contributed by atoms with E-state index in [1.165, 1.54) is 0 Å². The Hall–Kier alpha value is -1.62. The van der Waals surface area contributed by atoms with Gasteiger partial charge in [-0.1, -0.05) is 11.6 Å². The number of hydrogen-bond donors (Lipinski definition) is 1. The molecule has 5 nitrogen and oxygen atoms in total. The first-order chi connectivity index (χ1) is 6.54. The van der Waals surface area contributed by atoms with Gasteiger partial charge in [0.05, 0.1) is 17.8 Å². The van der Waals surface area contributed by atoms with Crippen LogP contribution in [0.2, 0.25) is 0 Å². The summed E-state index contributed by atoms with van der Waals surface area (Å²) in [5, 5.41) is 1.92. The van der Waals surface area contributed by atoms with Crippen LogP contribution in [0.15, 0.2) is 22.9 Å². The molecule has 0 aromatic rings. The molecule has 1 aliphatic rings. The third-order valence-corrected chi connectivity index (χ3v) is 1.75. The first-order valence-electron chi connectivity index (χ1n) is 3.57. The third kappa shape index (κ3) is 2.20. The molecule has 6 heteroatoms. The number of alkyl carbamates (subject to hydrolysis) is 1. The topological polar surface area (TPSA) is 72.5 Å². The molecule has 14 heavy (non-hydrogen) atoms. The van der Waals surface area contributed by atoms with Gasteiger partial charge in [0.25, 0.3) is 0 Å². The summed E-state index contributed by atoms with van der Waals surface area (Å²) in [7, 11) is 1.15. The normalized spacial score (nSPS) is 15.9. The van der Waals surface area contributed by atoms with Crippen LogP contribution in [0.5, 0.6) is 0 Å². The molecule has 1 amide bonds. The molecular formula is C8H6ClNO4. The Kier molecular flexibility index (Phi) is 3.03. The Morgan fingerprint density at radius 3 is 2.57 bits per heavy atom. The van der Waals surface area contributed by atoms with Gasteiger partial charge in [-0.3, -0.25) is 14.9 Å². The molecule has 0 aromatic heterocycles. The fourth-order valence-electron chi connectivity index (χ4n) is 0.794. The van der Waals surface area contributed by atoms with Gasteiger partial charge in [-0.15, -0.1) is 0 Å². The molecule has 1 rings (SSSR count). The van der Waals surface area contributed by atoms with Crippen LogP contribution < -0.4 is 5.32 Å². The summed E-state index contributed by atoms with van der Waals surface area (Å²) in [4.78, 5) is 32.9. The molecule has 0 heterocycles. The Balaban J connectivity index is 2.82. The number of amides is 1. The SMILES string of the molecule is COC(=O)NC1=CC(=O)C(Cl)=CC1=O. The number of carbonyl (C=O) groups excluding carboxylic acids is 3. The fourth-order valence-corrected chi connectivity index (χ4v) is 0.947. The molecule has 0 unspecified atom stereocenters. The Morgan fingerprint density at radius 2 is 2.00 bits per heavy atom. The maximum absolute atomic E-state index is 11.2. The van der Waals surface area contributed by atoms with Crippen molar-refractivity contribution in [2.45, 2.75) is 0 Å². The molecule has 0 saturated carbocycles. The van der Waals surface area contributed by atoms with E-state index in [-0.39, 0.29) is 10.7 Å². The van der Waals surface area contributed by atoms with E-state index in [0.29, 0.717) is 0 Å². The second-order valence-electron chi connectivity index (χ2n) is 2.40. The van der Waals surface area contributed by atoms with E-state index in [9.17, 15) is 14.4 Å². The van der Waals surface area contributed by atoms with Gasteiger partial charge in [0.15, 0.2) is 5.78 Å². The van der Waals surface area contributed by atoms with E-state index in [1.54, 1.807) is 0 Å². The highest BCUT2D eigenvalue weighted by Crippen LogP contribution is 2.12. The first kappa shape index (κ1) is 10.5. The van der Waals surface area contributed by atoms with Gasteiger partial charge in [-0.05, 0) is 0 Å². The van der Waals surface area contributed by atoms with Crippen molar-refractivity contribution in [3.8, 4) is 0 Å². The van der Waals surface area contributed by atoms with Crippen molar-refractivity contribution in [2.24, 2.45) is 0 Å². The van der Waals surface area contributed by atoms with E-state index in [0.717, 1.165) is 19.3 Å². The predicted molar refractivity (Wildman–Crippen MR) is 47.6 cm³/mol. The molecular weight excluding hydrogens is 210 g/mol. The van der Waals surface area contributed by atoms with Crippen molar-refractivity contribution in [3.05, 3.63) is 22.9 Å². The minimum absolute atomic E-state index is 0.147. The third-order valence-electron chi connectivity index (χ3n) is 1.46. The summed E-state index contributed by atoms with van der Waals surface area (Å²) in [6, 6.07) is 0. The summed E-state index contributed by atoms with van der Waals surface area (Å²) >= 11 is 5.40. The zero-order chi connectivity index (χ0) is 10.7. The van der Waals surface area contributed by atoms with Crippen LogP contribution in [0.4, 0.5) is 4.79 Å². The molecule has 0 aliphatic heterocycles. The summed E-state index contributed by atoms with van der Waals surface area (Å²) in [6.45, 7) is 0. The number of halogens is 1. The van der Waals surface area contributed by atoms with E-state index >= 15 is 0 Å². The van der Waals surface area contributed by atoms with Gasteiger partial charge in [-0.2, -0.15) is 0 Å². The molecule has 0 spiro atoms. The van der Waals surface area contributed by atoms with Crippen LogP contribution in [-0.2, 0) is 14.3 Å². The molecule has 0 radical (unpaired) electrons. The highest BCUT2D eigenvalue weighted by Gasteiger charge is 2.20. The van der Waals surface area contributed by atoms with Crippen LogP contribution >= 0.6 is 11.6 Å². The predicted octanol–water partition coefficient (Wildman–Crippen LogP) is 0.501. The van der Waals surface area contributed by atoms with Gasteiger partial charge in [0.1, 0.15) is 0 Å². The Labute approximate surface area is 84.4 Å². The number of methoxy groups -OCH3 is 1. The number of ketones is 2. The van der Waals surface area contributed by atoms with Crippen LogP contribution in [0.3, 0.4) is 0 Å². The molecule has 0 bridgehead atoms. The molecule has 0 saturated heterocycles. The minimum Gasteiger partial charge on any atom is -0.453 e. The number of carbonyl (C=O) groups is 3. The van der Waals surface area contributed by atoms with E-state index in [1.807, 2.05) is 0 Å². The van der Waals surface area contributed by atoms with Crippen LogP contribution in [0.25, 0.3) is 0 Å². The second kappa shape index (κ2) is 4.06. The highest BCUT2D eigenvalue weighted by atomic mass is 35.5. The minimum atomic E-state index is -0.816. The summed E-state index contributed by atoms with van der Waals surface area (Å²) in [5.41, 5.74) is -0.147. The number of hydrogen-bond acceptors (Lipinski definition) is 4. The molecule has 0 aromatic carbocycles. The lowest BCUT2D eigenvalue weighted by molar-refractivity contribution is -0.115. The molecule has 1 aliphatic carbocycles. The van der Waals surface area contributed by atoms with Crippen molar-refractivity contribution in [1.29, 1.82) is 0 Å². The van der Waals surface area contributed by atoms with Crippen molar-refractivity contribution in [2.75, 3.05) is 7.11 Å². The lowest BCUT2D eigenvalue weighted by atomic mass is 10.1. The largest absolute Gasteiger partial charge is 0.453 e. The fraction of sp³-hybridized carbons (Fsp3) is 0.125. The maximum atomic E-state index is 11.2. The van der Waals surface area contributed by atoms with E-state index in [2.05, 4.69) is 10.1 Å². The molecule has 0 fully saturated rings. The van der Waals surface area contributed by atoms with Gasteiger partial charge in [0.2, 0.25) is 5.78 Å². The van der Waals surface area contributed by atoms with Gasteiger partial charge >= 0.3 is 6.09 Å². The van der Waals surface area contributed by atoms with Crippen molar-refractivity contribution in [3.63, 3.8) is 0 Å². The average molecular weight is 216 g/mol. The quantitative estimate of drug-likeness (QED) is 0.647. The summed E-state index contributed by atoms with van der Waals surface area (Å²) in [6.07, 6.45) is 1.07. The van der Waals surface area contributed by atoms with Crippen molar-refractivity contribution in [1.82, 2.24) is 5.32 Å². The molecule has 74 valence electrons. The van der Waals surface area contributed by atoms with Crippen LogP contribution in [0.1, 0.15) is 0 Å². The number of ether oxygens (including phenoxy) is 1. The van der Waals surface area contributed by atoms with Gasteiger partial charge < -0.3 is 4.74 Å². The number of nitrogens with one attached hydrogen (secondary N) is 1. The lowest BCUT2D eigenvalue weighted by Gasteiger charge is -2.08. The molecule has 1 N–H and O–H groups in total. The lowest BCUT2D eigenvalue weighted by Crippen LogP contribution is -2.29. The average Bonchev–Trinajstić information content (AvgIpc) is 2.14. The summed E-state index contributed by atoms with van der Waals surface area (Å²) < 4.78 is 4.26. The number of allylic oxidation sites excluding steroid dienone is 3. The standard InChI is InChI=1S/C8H6ClNO4/c1-14-8(13)10-5-3-6(11)4(9)2-7(5)12/h2-3H,1H3,(H,10,13). The maximum Gasteiger partial charge on any atom is 0.411 e. The van der Waals surface area contributed by atoms with Gasteiger partial charge in [0, 0.05) is 12.2 Å². The summed E-state index contributed by atoms with van der Waals surface area (Å²) in [5.74, 6) is -1.07. The zero-order valence-electron chi connectivity index (χ0n) is 7.17. The van der Waals surface area contributed by atoms with E-state index in [4.69, 9.17) is 11.6 Å². The Bertz CT molecular complexity index is 370. The second-order valence-corrected chi connectivity index (χ2v) is 2.80. The van der Waals surface area contributed by atoms with Crippen LogP contribution in [-0.4, -0.2) is 24.8 Å². The Morgan fingerprint density at radius 1 is 1.36 bits per heavy atom. The van der Waals surface area contributed by atoms with Crippen molar-refractivity contribution >= 4 is 29.3 Å². The van der Waals surface area contributed by atoms with Gasteiger partial charge in [-0.25, -0.2) is 4.79 Å². The molecule has 0 atom stereocenters. The zero-order valence-corrected chi connectivity index (χ0v) is 7.92. The first-order valence-corrected chi connectivity index (χ1v) is 3.95. The smallest absolute Gasteiger partial charge is 0.411 e.